The van der Waals surface area contributed by atoms with E-state index in [2.05, 4.69) is 17.1 Å². The molecule has 0 saturated carbocycles. The number of rotatable bonds is 7. The molecular weight excluding hydrogens is 488 g/mol. The van der Waals surface area contributed by atoms with Crippen LogP contribution in [0.25, 0.3) is 22.2 Å². The van der Waals surface area contributed by atoms with E-state index < -0.39 is 12.2 Å². The van der Waals surface area contributed by atoms with Gasteiger partial charge in [-0.2, -0.15) is 10.2 Å². The Labute approximate surface area is 221 Å². The van der Waals surface area contributed by atoms with Gasteiger partial charge in [0.1, 0.15) is 11.8 Å². The Kier molecular flexibility index (Phi) is 7.22. The first-order valence-corrected chi connectivity index (χ1v) is 13.0. The smallest absolute Gasteiger partial charge is 0.414 e. The highest BCUT2D eigenvalue weighted by molar-refractivity contribution is 6.02. The first kappa shape index (κ1) is 25.9. The van der Waals surface area contributed by atoms with Gasteiger partial charge < -0.3 is 19.0 Å². The fourth-order valence-corrected chi connectivity index (χ4v) is 5.13. The predicted molar refractivity (Wildman–Crippen MR) is 141 cm³/mol. The molecule has 4 aromatic rings. The number of nitrogens with zero attached hydrogens (tertiary/aromatic N) is 6. The van der Waals surface area contributed by atoms with Crippen molar-refractivity contribution >= 4 is 22.9 Å². The Balaban J connectivity index is 1.74. The lowest BCUT2D eigenvalue weighted by molar-refractivity contribution is 0.00461. The molecule has 1 aliphatic rings. The third-order valence-corrected chi connectivity index (χ3v) is 7.04. The molecule has 11 heteroatoms. The molecule has 3 atom stereocenters. The van der Waals surface area contributed by atoms with E-state index in [1.165, 1.54) is 0 Å². The summed E-state index contributed by atoms with van der Waals surface area (Å²) < 4.78 is 21.1. The summed E-state index contributed by atoms with van der Waals surface area (Å²) in [6.45, 7) is 6.48. The maximum absolute atomic E-state index is 13.6. The molecule has 0 radical (unpaired) electrons. The van der Waals surface area contributed by atoms with E-state index in [0.717, 1.165) is 23.2 Å². The van der Waals surface area contributed by atoms with E-state index in [1.807, 2.05) is 26.2 Å². The van der Waals surface area contributed by atoms with Crippen molar-refractivity contribution in [2.45, 2.75) is 58.3 Å². The molecule has 1 N–H and O–H groups in total. The van der Waals surface area contributed by atoms with Gasteiger partial charge in [-0.3, -0.25) is 14.3 Å². The summed E-state index contributed by atoms with van der Waals surface area (Å²) in [5.41, 5.74) is 3.82. The first-order chi connectivity index (χ1) is 18.3. The number of aliphatic hydroxyl groups is 1. The van der Waals surface area contributed by atoms with Gasteiger partial charge in [-0.05, 0) is 39.2 Å². The maximum atomic E-state index is 13.6. The summed E-state index contributed by atoms with van der Waals surface area (Å²) in [4.78, 5) is 20.0. The normalized spacial score (nSPS) is 18.6. The summed E-state index contributed by atoms with van der Waals surface area (Å²) in [6, 6.07) is 1.74. The Morgan fingerprint density at radius 1 is 1.24 bits per heavy atom. The van der Waals surface area contributed by atoms with Crippen molar-refractivity contribution in [3.8, 4) is 11.1 Å². The minimum Gasteiger partial charge on any atom is -0.449 e. The average Bonchev–Trinajstić information content (AvgIpc) is 3.62. The van der Waals surface area contributed by atoms with Crippen LogP contribution in [0.2, 0.25) is 0 Å². The van der Waals surface area contributed by atoms with Crippen molar-refractivity contribution in [3.05, 3.63) is 47.9 Å². The minimum absolute atomic E-state index is 0.0156. The number of pyridine rings is 1. The second-order valence-electron chi connectivity index (χ2n) is 9.69. The van der Waals surface area contributed by atoms with Gasteiger partial charge >= 0.3 is 6.09 Å². The second-order valence-corrected chi connectivity index (χ2v) is 9.69. The molecule has 4 aromatic heterocycles. The van der Waals surface area contributed by atoms with Crippen molar-refractivity contribution in [2.24, 2.45) is 14.1 Å². The van der Waals surface area contributed by atoms with E-state index in [1.54, 1.807) is 46.8 Å². The minimum atomic E-state index is -1.17. The zero-order chi connectivity index (χ0) is 27.0. The highest BCUT2D eigenvalue weighted by Crippen LogP contribution is 2.43. The van der Waals surface area contributed by atoms with E-state index in [0.29, 0.717) is 41.8 Å². The van der Waals surface area contributed by atoms with Crippen LogP contribution >= 0.6 is 0 Å². The third-order valence-electron chi connectivity index (χ3n) is 7.04. The third kappa shape index (κ3) is 4.79. The molecule has 0 aromatic carbocycles. The van der Waals surface area contributed by atoms with E-state index in [9.17, 15) is 9.90 Å². The fraction of sp³-hybridized carbons (Fsp3) is 0.481. The topological polar surface area (TPSA) is 121 Å². The van der Waals surface area contributed by atoms with Crippen LogP contribution in [0.1, 0.15) is 56.2 Å². The van der Waals surface area contributed by atoms with Gasteiger partial charge in [0.2, 0.25) is 5.71 Å². The summed E-state index contributed by atoms with van der Waals surface area (Å²) in [6.07, 6.45) is 7.42. The van der Waals surface area contributed by atoms with Gasteiger partial charge in [0, 0.05) is 61.5 Å². The van der Waals surface area contributed by atoms with Gasteiger partial charge in [-0.25, -0.2) is 9.78 Å². The van der Waals surface area contributed by atoms with Crippen LogP contribution < -0.4 is 4.90 Å². The molecule has 1 aliphatic heterocycles. The summed E-state index contributed by atoms with van der Waals surface area (Å²) in [5, 5.41) is 20.6. The van der Waals surface area contributed by atoms with Crippen LogP contribution in [-0.2, 0) is 23.6 Å². The average molecular weight is 523 g/mol. The number of aromatic nitrogens is 5. The molecule has 0 aliphatic carbocycles. The number of aliphatic hydroxyl groups excluding tert-OH is 1. The summed E-state index contributed by atoms with van der Waals surface area (Å²) in [7, 11) is 3.63. The monoisotopic (exact) mass is 522 g/mol. The number of hydrogen-bond donors (Lipinski definition) is 1. The Morgan fingerprint density at radius 2 is 2.00 bits per heavy atom. The fourth-order valence-electron chi connectivity index (χ4n) is 5.13. The lowest BCUT2D eigenvalue weighted by atomic mass is 9.98. The molecule has 1 amide bonds. The predicted octanol–water partition coefficient (Wildman–Crippen LogP) is 4.27. The molecule has 0 bridgehead atoms. The first-order valence-electron chi connectivity index (χ1n) is 13.0. The Bertz CT molecular complexity index is 1440. The quantitative estimate of drug-likeness (QED) is 0.382. The molecular formula is C27H34N6O5. The molecule has 0 spiro atoms. The molecule has 11 nitrogen and oxygen atoms in total. The largest absolute Gasteiger partial charge is 0.449 e. The molecule has 1 fully saturated rings. The highest BCUT2D eigenvalue weighted by atomic mass is 16.6. The van der Waals surface area contributed by atoms with Crippen molar-refractivity contribution < 1.29 is 23.8 Å². The molecule has 1 unspecified atom stereocenters. The lowest BCUT2D eigenvalue weighted by Gasteiger charge is -2.36. The maximum Gasteiger partial charge on any atom is 0.414 e. The standard InChI is InChI=1S/C27H34N6O5/c1-6-20-10-19(8-9-37-20)33(27(35)36-7-2)23-22-11-21(17-12-28-31(4)14-17)16(3)30-26(22)38-25(23)24(34)18-13-29-32(5)15-18/h11-15,19-20,24,34H,6-10H2,1-5H3/t19-,20-,24?/m0/s1. The van der Waals surface area contributed by atoms with Crippen LogP contribution in [-0.4, -0.2) is 61.1 Å². The zero-order valence-corrected chi connectivity index (χ0v) is 22.4. The van der Waals surface area contributed by atoms with Crippen molar-refractivity contribution in [1.82, 2.24) is 24.5 Å². The van der Waals surface area contributed by atoms with Gasteiger partial charge in [-0.15, -0.1) is 0 Å². The molecule has 202 valence electrons. The SMILES string of the molecule is CCOC(=O)N(c1c(C(O)c2cnn(C)c2)oc2nc(C)c(-c3cnn(C)c3)cc12)[C@H]1CCO[C@@H](CC)C1. The number of carbonyl (C=O) groups excluding carboxylic acids is 1. The second kappa shape index (κ2) is 10.6. The molecule has 5 rings (SSSR count). The molecule has 38 heavy (non-hydrogen) atoms. The number of anilines is 1. The van der Waals surface area contributed by atoms with Gasteiger partial charge in [0.25, 0.3) is 0 Å². The zero-order valence-electron chi connectivity index (χ0n) is 22.4. The van der Waals surface area contributed by atoms with Gasteiger partial charge in [-0.1, -0.05) is 6.92 Å². The Morgan fingerprint density at radius 3 is 2.66 bits per heavy atom. The van der Waals surface area contributed by atoms with Crippen LogP contribution in [0.3, 0.4) is 0 Å². The highest BCUT2D eigenvalue weighted by Gasteiger charge is 2.38. The van der Waals surface area contributed by atoms with Crippen LogP contribution in [0.5, 0.6) is 0 Å². The van der Waals surface area contributed by atoms with E-state index >= 15 is 0 Å². The molecule has 1 saturated heterocycles. The molecule has 5 heterocycles. The van der Waals surface area contributed by atoms with Crippen molar-refractivity contribution in [1.29, 1.82) is 0 Å². The van der Waals surface area contributed by atoms with Crippen LogP contribution in [0, 0.1) is 6.92 Å². The number of aryl methyl sites for hydroxylation is 3. The number of amides is 1. The number of carbonyl (C=O) groups is 1. The number of furan rings is 1. The van der Waals surface area contributed by atoms with Crippen molar-refractivity contribution in [2.75, 3.05) is 18.1 Å². The summed E-state index contributed by atoms with van der Waals surface area (Å²) in [5.74, 6) is 0.218. The van der Waals surface area contributed by atoms with Crippen molar-refractivity contribution in [3.63, 3.8) is 0 Å². The number of ether oxygens (including phenoxy) is 2. The lowest BCUT2D eigenvalue weighted by Crippen LogP contribution is -2.46. The van der Waals surface area contributed by atoms with Gasteiger partial charge in [0.15, 0.2) is 5.76 Å². The summed E-state index contributed by atoms with van der Waals surface area (Å²) >= 11 is 0. The van der Waals surface area contributed by atoms with Crippen LogP contribution in [0.15, 0.2) is 35.3 Å². The van der Waals surface area contributed by atoms with Crippen LogP contribution in [0.4, 0.5) is 10.5 Å². The Hall–Kier alpha value is -3.70. The van der Waals surface area contributed by atoms with E-state index in [-0.39, 0.29) is 24.5 Å². The van der Waals surface area contributed by atoms with E-state index in [4.69, 9.17) is 18.9 Å². The van der Waals surface area contributed by atoms with Gasteiger partial charge in [0.05, 0.1) is 30.5 Å². The number of fused-ring (bicyclic) bond motifs is 1. The number of hydrogen-bond acceptors (Lipinski definition) is 8.